The lowest BCUT2D eigenvalue weighted by Gasteiger charge is -2.29. The average Bonchev–Trinajstić information content (AvgIpc) is 2.57. The Morgan fingerprint density at radius 2 is 1.67 bits per heavy atom. The van der Waals surface area contributed by atoms with E-state index in [0.717, 1.165) is 21.7 Å². The maximum atomic E-state index is 12.7. The molecule has 8 heteroatoms. The van der Waals surface area contributed by atoms with Crippen LogP contribution in [0.4, 0.5) is 11.4 Å². The molecule has 0 aliphatic heterocycles. The molecule has 2 N–H and O–H groups in total. The third kappa shape index (κ3) is 4.85. The van der Waals surface area contributed by atoms with E-state index in [-0.39, 0.29) is 5.56 Å². The molecule has 0 aliphatic rings. The molecule has 0 aliphatic carbocycles. The molecule has 1 atom stereocenters. The molecule has 2 rings (SSSR count). The first kappa shape index (κ1) is 20.4. The summed E-state index contributed by atoms with van der Waals surface area (Å²) < 4.78 is 25.9. The van der Waals surface area contributed by atoms with Gasteiger partial charge in [0.2, 0.25) is 15.9 Å². The lowest BCUT2D eigenvalue weighted by Crippen LogP contribution is -2.45. The zero-order valence-electron chi connectivity index (χ0n) is 15.6. The fourth-order valence-corrected chi connectivity index (χ4v) is 3.90. The highest BCUT2D eigenvalue weighted by atomic mass is 32.2. The van der Waals surface area contributed by atoms with Gasteiger partial charge < -0.3 is 10.4 Å². The second-order valence-corrected chi connectivity index (χ2v) is 8.26. The largest absolute Gasteiger partial charge is 0.478 e. The van der Waals surface area contributed by atoms with Gasteiger partial charge in [0.25, 0.3) is 0 Å². The van der Waals surface area contributed by atoms with Crippen molar-refractivity contribution in [1.29, 1.82) is 0 Å². The molecule has 0 heterocycles. The minimum atomic E-state index is -3.72. The summed E-state index contributed by atoms with van der Waals surface area (Å²) in [6.07, 6.45) is 1.06. The number of hydrogen-bond donors (Lipinski definition) is 2. The lowest BCUT2D eigenvalue weighted by atomic mass is 10.1. The summed E-state index contributed by atoms with van der Waals surface area (Å²) in [4.78, 5) is 23.6. The number of anilines is 2. The van der Waals surface area contributed by atoms with Gasteiger partial charge in [-0.2, -0.15) is 0 Å². The van der Waals surface area contributed by atoms with Crippen molar-refractivity contribution in [2.75, 3.05) is 15.9 Å². The molecule has 2 aromatic carbocycles. The average molecular weight is 390 g/mol. The van der Waals surface area contributed by atoms with Crippen LogP contribution in [0.3, 0.4) is 0 Å². The number of rotatable bonds is 6. The predicted molar refractivity (Wildman–Crippen MR) is 105 cm³/mol. The van der Waals surface area contributed by atoms with E-state index < -0.39 is 27.9 Å². The van der Waals surface area contributed by atoms with E-state index in [0.29, 0.717) is 11.4 Å². The van der Waals surface area contributed by atoms with Gasteiger partial charge in [-0.1, -0.05) is 12.1 Å². The first-order chi connectivity index (χ1) is 12.5. The van der Waals surface area contributed by atoms with Gasteiger partial charge in [0.1, 0.15) is 6.04 Å². The Hall–Kier alpha value is -2.87. The lowest BCUT2D eigenvalue weighted by molar-refractivity contribution is -0.116. The molecule has 0 bridgehead atoms. The summed E-state index contributed by atoms with van der Waals surface area (Å²) in [6, 6.07) is 10.0. The van der Waals surface area contributed by atoms with Crippen LogP contribution >= 0.6 is 0 Å². The number of sulfonamides is 1. The number of hydrogen-bond acceptors (Lipinski definition) is 4. The van der Waals surface area contributed by atoms with Crippen molar-refractivity contribution < 1.29 is 23.1 Å². The van der Waals surface area contributed by atoms with Crippen molar-refractivity contribution in [1.82, 2.24) is 0 Å². The molecule has 2 aromatic rings. The normalized spacial score (nSPS) is 12.3. The predicted octanol–water partition coefficient (Wildman–Crippen LogP) is 2.79. The van der Waals surface area contributed by atoms with Crippen LogP contribution in [-0.2, 0) is 14.8 Å². The highest BCUT2D eigenvalue weighted by Crippen LogP contribution is 2.26. The Kier molecular flexibility index (Phi) is 5.90. The molecule has 0 spiro atoms. The first-order valence-electron chi connectivity index (χ1n) is 8.21. The van der Waals surface area contributed by atoms with Gasteiger partial charge in [-0.15, -0.1) is 0 Å². The van der Waals surface area contributed by atoms with Crippen LogP contribution in [-0.4, -0.2) is 37.7 Å². The molecule has 0 radical (unpaired) electrons. The van der Waals surface area contributed by atoms with Crippen LogP contribution in [0.25, 0.3) is 0 Å². The van der Waals surface area contributed by atoms with E-state index in [4.69, 9.17) is 5.11 Å². The molecular formula is C19H22N2O5S. The Balaban J connectivity index is 2.32. The van der Waals surface area contributed by atoms with Crippen LogP contribution < -0.4 is 9.62 Å². The third-order valence-electron chi connectivity index (χ3n) is 4.09. The summed E-state index contributed by atoms with van der Waals surface area (Å²) in [5.74, 6) is -1.59. The van der Waals surface area contributed by atoms with Crippen molar-refractivity contribution in [2.24, 2.45) is 0 Å². The smallest absolute Gasteiger partial charge is 0.335 e. The van der Waals surface area contributed by atoms with E-state index in [9.17, 15) is 18.0 Å². The van der Waals surface area contributed by atoms with E-state index in [2.05, 4.69) is 5.32 Å². The second kappa shape index (κ2) is 7.79. The summed E-state index contributed by atoms with van der Waals surface area (Å²) >= 11 is 0. The molecule has 0 aromatic heterocycles. The number of aromatic carboxylic acids is 1. The van der Waals surface area contributed by atoms with E-state index >= 15 is 0 Å². The SMILES string of the molecule is Cc1ccc(C)c(N([C@@H](C)C(=O)Nc2ccc(C(=O)O)cc2)S(C)(=O)=O)c1. The number of carbonyl (C=O) groups is 2. The van der Waals surface area contributed by atoms with Crippen molar-refractivity contribution >= 4 is 33.3 Å². The number of benzene rings is 2. The number of carboxylic acids is 1. The maximum Gasteiger partial charge on any atom is 0.335 e. The van der Waals surface area contributed by atoms with Gasteiger partial charge in [-0.3, -0.25) is 9.10 Å². The highest BCUT2D eigenvalue weighted by Gasteiger charge is 2.30. The molecular weight excluding hydrogens is 368 g/mol. The number of nitrogens with zero attached hydrogens (tertiary/aromatic N) is 1. The summed E-state index contributed by atoms with van der Waals surface area (Å²) in [5.41, 5.74) is 2.53. The molecule has 27 heavy (non-hydrogen) atoms. The minimum absolute atomic E-state index is 0.0918. The molecule has 0 fully saturated rings. The number of aryl methyl sites for hydroxylation is 2. The Bertz CT molecular complexity index is 968. The number of amides is 1. The first-order valence-corrected chi connectivity index (χ1v) is 10.1. The summed E-state index contributed by atoms with van der Waals surface area (Å²) in [5, 5.41) is 11.5. The van der Waals surface area contributed by atoms with Crippen molar-refractivity contribution in [2.45, 2.75) is 26.8 Å². The fraction of sp³-hybridized carbons (Fsp3) is 0.263. The number of nitrogens with one attached hydrogen (secondary N) is 1. The van der Waals surface area contributed by atoms with E-state index in [1.165, 1.54) is 31.2 Å². The highest BCUT2D eigenvalue weighted by molar-refractivity contribution is 7.92. The molecule has 0 unspecified atom stereocenters. The standard InChI is InChI=1S/C19H22N2O5S/c1-12-5-6-13(2)17(11-12)21(27(4,25)26)14(3)18(22)20-16-9-7-15(8-10-16)19(23)24/h5-11,14H,1-4H3,(H,20,22)(H,23,24)/t14-/m0/s1. The monoisotopic (exact) mass is 390 g/mol. The summed E-state index contributed by atoms with van der Waals surface area (Å²) in [7, 11) is -3.72. The Labute approximate surface area is 158 Å². The van der Waals surface area contributed by atoms with E-state index in [1.807, 2.05) is 13.0 Å². The van der Waals surface area contributed by atoms with Crippen LogP contribution in [0.1, 0.15) is 28.4 Å². The van der Waals surface area contributed by atoms with Gasteiger partial charge >= 0.3 is 5.97 Å². The molecule has 144 valence electrons. The van der Waals surface area contributed by atoms with Gasteiger partial charge in [0, 0.05) is 5.69 Å². The van der Waals surface area contributed by atoms with Crippen LogP contribution in [0, 0.1) is 13.8 Å². The molecule has 0 saturated heterocycles. The zero-order valence-corrected chi connectivity index (χ0v) is 16.4. The molecule has 0 saturated carbocycles. The zero-order chi connectivity index (χ0) is 20.4. The molecule has 1 amide bonds. The van der Waals surface area contributed by atoms with Crippen molar-refractivity contribution in [3.63, 3.8) is 0 Å². The fourth-order valence-electron chi connectivity index (χ4n) is 2.68. The van der Waals surface area contributed by atoms with Crippen LogP contribution in [0.2, 0.25) is 0 Å². The topological polar surface area (TPSA) is 104 Å². The van der Waals surface area contributed by atoms with Crippen LogP contribution in [0.5, 0.6) is 0 Å². The second-order valence-electron chi connectivity index (χ2n) is 6.40. The van der Waals surface area contributed by atoms with Gasteiger partial charge in [0.15, 0.2) is 0 Å². The van der Waals surface area contributed by atoms with Crippen molar-refractivity contribution in [3.05, 3.63) is 59.2 Å². The minimum Gasteiger partial charge on any atom is -0.478 e. The van der Waals surface area contributed by atoms with E-state index in [1.54, 1.807) is 19.1 Å². The number of carbonyl (C=O) groups excluding carboxylic acids is 1. The maximum absolute atomic E-state index is 12.7. The summed E-state index contributed by atoms with van der Waals surface area (Å²) in [6.45, 7) is 5.13. The Morgan fingerprint density at radius 3 is 2.19 bits per heavy atom. The Morgan fingerprint density at radius 1 is 1.07 bits per heavy atom. The quantitative estimate of drug-likeness (QED) is 0.789. The molecule has 7 nitrogen and oxygen atoms in total. The van der Waals surface area contributed by atoms with Crippen LogP contribution in [0.15, 0.2) is 42.5 Å². The third-order valence-corrected chi connectivity index (χ3v) is 5.32. The van der Waals surface area contributed by atoms with Gasteiger partial charge in [0.05, 0.1) is 17.5 Å². The van der Waals surface area contributed by atoms with Gasteiger partial charge in [-0.25, -0.2) is 13.2 Å². The van der Waals surface area contributed by atoms with Gasteiger partial charge in [-0.05, 0) is 62.2 Å². The number of carboxylic acid groups (broad SMARTS) is 1. The van der Waals surface area contributed by atoms with Crippen molar-refractivity contribution in [3.8, 4) is 0 Å².